The molecule has 6 N–H and O–H groups in total. The number of aliphatic hydroxyl groups excluding tert-OH is 4. The molecule has 0 fully saturated rings. The number of nitrogens with one attached hydrogen (secondary N) is 2. The quantitative estimate of drug-likeness (QED) is 0.274. The van der Waals surface area contributed by atoms with E-state index in [0.717, 1.165) is 0 Å². The Labute approximate surface area is 145 Å². The second-order valence-electron chi connectivity index (χ2n) is 5.95. The summed E-state index contributed by atoms with van der Waals surface area (Å²) < 4.78 is 1.31. The van der Waals surface area contributed by atoms with E-state index in [0.29, 0.717) is 11.3 Å². The van der Waals surface area contributed by atoms with Gasteiger partial charge in [-0.15, -0.1) is 0 Å². The van der Waals surface area contributed by atoms with Crippen molar-refractivity contribution in [1.29, 1.82) is 0 Å². The van der Waals surface area contributed by atoms with Crippen molar-refractivity contribution < 1.29 is 20.4 Å². The van der Waals surface area contributed by atoms with Gasteiger partial charge in [0.2, 0.25) is 0 Å². The van der Waals surface area contributed by atoms with E-state index in [1.807, 2.05) is 0 Å². The lowest BCUT2D eigenvalue weighted by Gasteiger charge is -2.25. The highest BCUT2D eigenvalue weighted by Crippen LogP contribution is 2.25. The number of aromatic amines is 2. The van der Waals surface area contributed by atoms with Crippen molar-refractivity contribution in [3.63, 3.8) is 0 Å². The highest BCUT2D eigenvalue weighted by Gasteiger charge is 2.26. The molecule has 1 aliphatic heterocycles. The third-order valence-electron chi connectivity index (χ3n) is 4.17. The maximum Gasteiger partial charge on any atom is 0.327 e. The molecule has 3 rings (SSSR count). The molecule has 10 heteroatoms. The van der Waals surface area contributed by atoms with Gasteiger partial charge in [0.05, 0.1) is 24.2 Å². The summed E-state index contributed by atoms with van der Waals surface area (Å²) in [7, 11) is 0. The van der Waals surface area contributed by atoms with Crippen molar-refractivity contribution in [2.24, 2.45) is 0 Å². The zero-order valence-electron chi connectivity index (χ0n) is 13.4. The number of fused-ring (bicyclic) bond motifs is 2. The Bertz CT molecular complexity index is 1080. The molecule has 1 aromatic rings. The predicted molar refractivity (Wildman–Crippen MR) is 91.2 cm³/mol. The second kappa shape index (κ2) is 6.84. The van der Waals surface area contributed by atoms with Gasteiger partial charge in [0.25, 0.3) is 5.56 Å². The van der Waals surface area contributed by atoms with Gasteiger partial charge in [0.15, 0.2) is 5.43 Å². The van der Waals surface area contributed by atoms with Crippen molar-refractivity contribution in [2.45, 2.75) is 24.9 Å². The molecular formula is C16H17N3O7. The van der Waals surface area contributed by atoms with Crippen molar-refractivity contribution >= 4 is 11.0 Å². The minimum Gasteiger partial charge on any atom is -0.394 e. The molecule has 0 saturated heterocycles. The molecule has 0 bridgehead atoms. The number of rotatable bonds is 5. The van der Waals surface area contributed by atoms with Crippen LogP contribution in [-0.2, 0) is 6.54 Å². The molecule has 0 saturated carbocycles. The standard InChI is InChI=1S/C16H17N3O7/c20-6-12(23)13(24)11(22)5-19-10-4-8(21)2-1-7(10)3-9-14(19)17-16(26)18-15(9)25/h1-4,11-13,20,22-24H,5-6H2,(H2,17,18,25,26)/t11-,12+,13+/m1/s1. The van der Waals surface area contributed by atoms with Crippen LogP contribution >= 0.6 is 0 Å². The van der Waals surface area contributed by atoms with Gasteiger partial charge in [-0.05, 0) is 23.8 Å². The van der Waals surface area contributed by atoms with Gasteiger partial charge in [0, 0.05) is 6.07 Å². The van der Waals surface area contributed by atoms with E-state index in [-0.39, 0.29) is 23.0 Å². The maximum atomic E-state index is 12.1. The Morgan fingerprint density at radius 2 is 1.73 bits per heavy atom. The van der Waals surface area contributed by atoms with Crippen molar-refractivity contribution in [2.75, 3.05) is 6.61 Å². The molecule has 0 spiro atoms. The van der Waals surface area contributed by atoms with E-state index < -0.39 is 36.2 Å². The summed E-state index contributed by atoms with van der Waals surface area (Å²) in [5.74, 6) is 0. The van der Waals surface area contributed by atoms with E-state index in [2.05, 4.69) is 9.97 Å². The fraction of sp³-hybridized carbons (Fsp3) is 0.312. The summed E-state index contributed by atoms with van der Waals surface area (Å²) in [5, 5.41) is 38.6. The van der Waals surface area contributed by atoms with Gasteiger partial charge in [-0.2, -0.15) is 0 Å². The fourth-order valence-electron chi connectivity index (χ4n) is 2.84. The maximum absolute atomic E-state index is 12.1. The molecule has 0 aromatic carbocycles. The van der Waals surface area contributed by atoms with Crippen LogP contribution in [0.2, 0.25) is 0 Å². The third kappa shape index (κ3) is 3.18. The van der Waals surface area contributed by atoms with Crippen LogP contribution in [0.5, 0.6) is 0 Å². The molecule has 2 aliphatic rings. The van der Waals surface area contributed by atoms with E-state index in [9.17, 15) is 29.7 Å². The molecule has 138 valence electrons. The normalized spacial score (nSPS) is 15.2. The highest BCUT2D eigenvalue weighted by molar-refractivity contribution is 5.82. The SMILES string of the molecule is O=c1ccc2cc3c(=O)[nH]c(=O)[nH]c3n(C[C@@H](O)[C@H](O)[C@@H](O)CO)c-2c1. The van der Waals surface area contributed by atoms with Gasteiger partial charge >= 0.3 is 5.69 Å². The average Bonchev–Trinajstić information content (AvgIpc) is 2.61. The molecule has 0 radical (unpaired) electrons. The molecule has 26 heavy (non-hydrogen) atoms. The van der Waals surface area contributed by atoms with Crippen LogP contribution in [0.25, 0.3) is 22.3 Å². The lowest BCUT2D eigenvalue weighted by atomic mass is 10.0. The van der Waals surface area contributed by atoms with Crippen LogP contribution in [-0.4, -0.2) is 59.9 Å². The van der Waals surface area contributed by atoms with Crippen LogP contribution in [0, 0.1) is 0 Å². The monoisotopic (exact) mass is 363 g/mol. The van der Waals surface area contributed by atoms with Gasteiger partial charge < -0.3 is 25.0 Å². The number of hydrogen-bond donors (Lipinski definition) is 6. The Kier molecular flexibility index (Phi) is 4.74. The Balaban J connectivity index is 2.26. The molecule has 10 nitrogen and oxygen atoms in total. The third-order valence-corrected chi connectivity index (χ3v) is 4.17. The van der Waals surface area contributed by atoms with Crippen LogP contribution < -0.4 is 16.7 Å². The highest BCUT2D eigenvalue weighted by atomic mass is 16.4. The summed E-state index contributed by atoms with van der Waals surface area (Å²) in [6.07, 6.45) is -4.81. The number of pyridine rings is 1. The molecule has 0 amide bonds. The summed E-state index contributed by atoms with van der Waals surface area (Å²) in [5.41, 5.74) is -0.907. The van der Waals surface area contributed by atoms with Crippen LogP contribution in [0.1, 0.15) is 0 Å². The van der Waals surface area contributed by atoms with E-state index in [4.69, 9.17) is 5.11 Å². The second-order valence-corrected chi connectivity index (χ2v) is 5.95. The number of aliphatic hydroxyl groups is 4. The number of benzene rings is 1. The van der Waals surface area contributed by atoms with Gasteiger partial charge in [-0.25, -0.2) is 4.79 Å². The van der Waals surface area contributed by atoms with Crippen molar-refractivity contribution in [3.8, 4) is 11.3 Å². The lowest BCUT2D eigenvalue weighted by Crippen LogP contribution is -2.42. The molecule has 2 heterocycles. The number of aromatic nitrogens is 3. The zero-order chi connectivity index (χ0) is 19.0. The van der Waals surface area contributed by atoms with Crippen LogP contribution in [0.15, 0.2) is 38.6 Å². The number of H-pyrrole nitrogens is 2. The Morgan fingerprint density at radius 1 is 1.00 bits per heavy atom. The molecule has 0 unspecified atom stereocenters. The summed E-state index contributed by atoms with van der Waals surface area (Å²) in [6, 6.07) is 5.54. The van der Waals surface area contributed by atoms with Gasteiger partial charge in [-0.3, -0.25) is 19.6 Å². The first-order chi connectivity index (χ1) is 12.3. The van der Waals surface area contributed by atoms with Crippen molar-refractivity contribution in [3.05, 3.63) is 55.3 Å². The minimum atomic E-state index is -1.68. The van der Waals surface area contributed by atoms with Crippen LogP contribution in [0.3, 0.4) is 0 Å². The minimum absolute atomic E-state index is 0.0431. The average molecular weight is 363 g/mol. The van der Waals surface area contributed by atoms with Crippen LogP contribution in [0.4, 0.5) is 0 Å². The largest absolute Gasteiger partial charge is 0.394 e. The van der Waals surface area contributed by atoms with E-state index in [1.165, 1.54) is 28.8 Å². The van der Waals surface area contributed by atoms with Gasteiger partial charge in [0.1, 0.15) is 24.0 Å². The first-order valence-corrected chi connectivity index (χ1v) is 7.77. The molecular weight excluding hydrogens is 346 g/mol. The molecule has 1 aliphatic carbocycles. The topological polar surface area (TPSA) is 169 Å². The molecule has 3 atom stereocenters. The van der Waals surface area contributed by atoms with Crippen molar-refractivity contribution in [1.82, 2.24) is 14.5 Å². The zero-order valence-corrected chi connectivity index (χ0v) is 13.4. The Hall–Kier alpha value is -2.79. The van der Waals surface area contributed by atoms with Gasteiger partial charge in [-0.1, -0.05) is 0 Å². The Morgan fingerprint density at radius 3 is 2.42 bits per heavy atom. The smallest absolute Gasteiger partial charge is 0.327 e. The number of nitrogens with zero attached hydrogens (tertiary/aromatic N) is 1. The predicted octanol–water partition coefficient (Wildman–Crippen LogP) is -2.44. The lowest BCUT2D eigenvalue weighted by molar-refractivity contribution is -0.0802. The first-order valence-electron chi connectivity index (χ1n) is 7.77. The van der Waals surface area contributed by atoms with E-state index in [1.54, 1.807) is 0 Å². The number of hydrogen-bond acceptors (Lipinski definition) is 7. The fourth-order valence-corrected chi connectivity index (χ4v) is 2.84. The summed E-state index contributed by atoms with van der Waals surface area (Å²) >= 11 is 0. The first kappa shape index (κ1) is 18.0. The van der Waals surface area contributed by atoms with E-state index >= 15 is 0 Å². The molecule has 1 aromatic heterocycles. The summed E-state index contributed by atoms with van der Waals surface area (Å²) in [4.78, 5) is 40.0. The summed E-state index contributed by atoms with van der Waals surface area (Å²) in [6.45, 7) is -1.12.